The average molecular weight is 293 g/mol. The maximum atomic E-state index is 12.2. The molecular weight excluding hydrogens is 272 g/mol. The molecule has 20 heavy (non-hydrogen) atoms. The van der Waals surface area contributed by atoms with Gasteiger partial charge in [0.15, 0.2) is 0 Å². The molecule has 0 N–H and O–H groups in total. The largest absolute Gasteiger partial charge is 0.461 e. The molecule has 0 radical (unpaired) electrons. The van der Waals surface area contributed by atoms with Gasteiger partial charge in [0.05, 0.1) is 5.92 Å². The third kappa shape index (κ3) is 3.06. The Kier molecular flexibility index (Phi) is 4.24. The Morgan fingerprint density at radius 3 is 2.60 bits per heavy atom. The summed E-state index contributed by atoms with van der Waals surface area (Å²) in [4.78, 5) is 12.2. The molecule has 0 spiro atoms. The van der Waals surface area contributed by atoms with E-state index in [-0.39, 0.29) is 29.8 Å². The minimum atomic E-state index is -0.127. The highest BCUT2D eigenvalue weighted by molar-refractivity contribution is 6.31. The van der Waals surface area contributed by atoms with Crippen LogP contribution in [-0.4, -0.2) is 5.97 Å². The Morgan fingerprint density at radius 1 is 1.35 bits per heavy atom. The van der Waals surface area contributed by atoms with Crippen molar-refractivity contribution >= 4 is 17.6 Å². The van der Waals surface area contributed by atoms with Gasteiger partial charge in [-0.15, -0.1) is 0 Å². The van der Waals surface area contributed by atoms with Crippen LogP contribution in [0.3, 0.4) is 0 Å². The molecule has 2 nitrogen and oxygen atoms in total. The fourth-order valence-electron chi connectivity index (χ4n) is 2.65. The zero-order valence-electron chi connectivity index (χ0n) is 12.4. The Hall–Kier alpha value is -1.28. The summed E-state index contributed by atoms with van der Waals surface area (Å²) in [5.41, 5.74) is 2.08. The summed E-state index contributed by atoms with van der Waals surface area (Å²) in [7, 11) is 0. The van der Waals surface area contributed by atoms with E-state index in [4.69, 9.17) is 16.3 Å². The standard InChI is InChI=1S/C17H21ClO2/c1-11(2)9-13-15(17(13,3)4)16(19)20-10-12-7-5-6-8-14(12)18/h5-9,13,15H,10H2,1-4H3/t13-,15+/m1/s1. The second kappa shape index (κ2) is 5.61. The molecule has 1 fully saturated rings. The van der Waals surface area contributed by atoms with E-state index in [1.807, 2.05) is 18.2 Å². The molecule has 108 valence electrons. The van der Waals surface area contributed by atoms with Gasteiger partial charge in [-0.05, 0) is 31.2 Å². The van der Waals surface area contributed by atoms with Gasteiger partial charge in [-0.1, -0.05) is 55.3 Å². The van der Waals surface area contributed by atoms with Gasteiger partial charge in [0.1, 0.15) is 6.61 Å². The van der Waals surface area contributed by atoms with Gasteiger partial charge in [-0.2, -0.15) is 0 Å². The van der Waals surface area contributed by atoms with E-state index in [1.165, 1.54) is 5.57 Å². The zero-order chi connectivity index (χ0) is 14.9. The maximum absolute atomic E-state index is 12.2. The monoisotopic (exact) mass is 292 g/mol. The molecule has 0 heterocycles. The Morgan fingerprint density at radius 2 is 2.00 bits per heavy atom. The highest BCUT2D eigenvalue weighted by Gasteiger charge is 2.61. The van der Waals surface area contributed by atoms with E-state index < -0.39 is 0 Å². The summed E-state index contributed by atoms with van der Waals surface area (Å²) in [6.07, 6.45) is 2.17. The van der Waals surface area contributed by atoms with Gasteiger partial charge in [0.2, 0.25) is 0 Å². The van der Waals surface area contributed by atoms with E-state index in [9.17, 15) is 4.79 Å². The third-order valence-electron chi connectivity index (χ3n) is 4.01. The lowest BCUT2D eigenvalue weighted by Crippen LogP contribution is -2.10. The van der Waals surface area contributed by atoms with Gasteiger partial charge in [-0.3, -0.25) is 4.79 Å². The minimum absolute atomic E-state index is 0.00512. The molecule has 0 aliphatic heterocycles. The summed E-state index contributed by atoms with van der Waals surface area (Å²) < 4.78 is 5.43. The fourth-order valence-corrected chi connectivity index (χ4v) is 2.84. The van der Waals surface area contributed by atoms with Gasteiger partial charge >= 0.3 is 5.97 Å². The SMILES string of the molecule is CC(C)=C[C@@H]1[C@@H](C(=O)OCc2ccccc2Cl)C1(C)C. The molecule has 3 heteroatoms. The van der Waals surface area contributed by atoms with Crippen molar-refractivity contribution in [1.29, 1.82) is 0 Å². The van der Waals surface area contributed by atoms with Crippen molar-refractivity contribution in [3.05, 3.63) is 46.5 Å². The molecule has 0 unspecified atom stereocenters. The van der Waals surface area contributed by atoms with Crippen LogP contribution in [0.15, 0.2) is 35.9 Å². The molecule has 2 atom stereocenters. The number of benzene rings is 1. The first-order chi connectivity index (χ1) is 9.34. The first-order valence-corrected chi connectivity index (χ1v) is 7.27. The molecule has 0 bridgehead atoms. The topological polar surface area (TPSA) is 26.3 Å². The number of hydrogen-bond donors (Lipinski definition) is 0. The Balaban J connectivity index is 1.97. The summed E-state index contributed by atoms with van der Waals surface area (Å²) in [6, 6.07) is 7.43. The number of esters is 1. The lowest BCUT2D eigenvalue weighted by atomic mass is 10.1. The number of halogens is 1. The second-order valence-electron chi connectivity index (χ2n) is 6.27. The van der Waals surface area contributed by atoms with Crippen LogP contribution in [0.5, 0.6) is 0 Å². The fraction of sp³-hybridized carbons (Fsp3) is 0.471. The van der Waals surface area contributed by atoms with Crippen molar-refractivity contribution in [1.82, 2.24) is 0 Å². The number of hydrogen-bond acceptors (Lipinski definition) is 2. The van der Waals surface area contributed by atoms with E-state index in [0.717, 1.165) is 5.56 Å². The van der Waals surface area contributed by atoms with Crippen molar-refractivity contribution in [2.24, 2.45) is 17.3 Å². The third-order valence-corrected chi connectivity index (χ3v) is 4.37. The van der Waals surface area contributed by atoms with Crippen LogP contribution in [0.1, 0.15) is 33.3 Å². The van der Waals surface area contributed by atoms with Gasteiger partial charge in [0, 0.05) is 10.6 Å². The number of allylic oxidation sites excluding steroid dienone is 2. The Bertz CT molecular complexity index is 542. The molecule has 1 aliphatic rings. The predicted octanol–water partition coefficient (Wildman–Crippen LogP) is 4.62. The second-order valence-corrected chi connectivity index (χ2v) is 6.68. The molecular formula is C17H21ClO2. The molecule has 1 aromatic carbocycles. The van der Waals surface area contributed by atoms with E-state index in [1.54, 1.807) is 6.07 Å². The lowest BCUT2D eigenvalue weighted by molar-refractivity contribution is -0.147. The number of carbonyl (C=O) groups is 1. The first kappa shape index (κ1) is 15.1. The summed E-state index contributed by atoms with van der Waals surface area (Å²) >= 11 is 6.06. The van der Waals surface area contributed by atoms with E-state index >= 15 is 0 Å². The molecule has 0 amide bonds. The summed E-state index contributed by atoms with van der Waals surface area (Å²) in [5, 5.41) is 0.635. The smallest absolute Gasteiger partial charge is 0.310 e. The minimum Gasteiger partial charge on any atom is -0.461 e. The van der Waals surface area contributed by atoms with E-state index in [2.05, 4.69) is 33.8 Å². The van der Waals surface area contributed by atoms with Crippen LogP contribution in [0.2, 0.25) is 5.02 Å². The average Bonchev–Trinajstić information content (AvgIpc) is 2.88. The van der Waals surface area contributed by atoms with Crippen LogP contribution < -0.4 is 0 Å². The highest BCUT2D eigenvalue weighted by atomic mass is 35.5. The normalized spacial score (nSPS) is 23.1. The van der Waals surface area contributed by atoms with Crippen molar-refractivity contribution in [3.8, 4) is 0 Å². The molecule has 1 aromatic rings. The van der Waals surface area contributed by atoms with Crippen molar-refractivity contribution in [2.45, 2.75) is 34.3 Å². The molecule has 2 rings (SSSR count). The maximum Gasteiger partial charge on any atom is 0.310 e. The van der Waals surface area contributed by atoms with Crippen LogP contribution in [-0.2, 0) is 16.1 Å². The lowest BCUT2D eigenvalue weighted by Gasteiger charge is -2.07. The van der Waals surface area contributed by atoms with Crippen LogP contribution in [0.25, 0.3) is 0 Å². The van der Waals surface area contributed by atoms with E-state index in [0.29, 0.717) is 5.02 Å². The molecule has 0 saturated heterocycles. The van der Waals surface area contributed by atoms with Crippen molar-refractivity contribution < 1.29 is 9.53 Å². The molecule has 0 aromatic heterocycles. The van der Waals surface area contributed by atoms with Crippen LogP contribution >= 0.6 is 11.6 Å². The van der Waals surface area contributed by atoms with Crippen molar-refractivity contribution in [2.75, 3.05) is 0 Å². The van der Waals surface area contributed by atoms with Crippen LogP contribution in [0, 0.1) is 17.3 Å². The van der Waals surface area contributed by atoms with Crippen LogP contribution in [0.4, 0.5) is 0 Å². The van der Waals surface area contributed by atoms with Gasteiger partial charge < -0.3 is 4.74 Å². The molecule has 1 aliphatic carbocycles. The number of rotatable bonds is 4. The summed E-state index contributed by atoms with van der Waals surface area (Å²) in [5.74, 6) is 0.114. The molecule has 1 saturated carbocycles. The predicted molar refractivity (Wildman–Crippen MR) is 81.4 cm³/mol. The van der Waals surface area contributed by atoms with Gasteiger partial charge in [0.25, 0.3) is 0 Å². The van der Waals surface area contributed by atoms with Gasteiger partial charge in [-0.25, -0.2) is 0 Å². The summed E-state index contributed by atoms with van der Waals surface area (Å²) in [6.45, 7) is 8.57. The zero-order valence-corrected chi connectivity index (χ0v) is 13.2. The number of ether oxygens (including phenoxy) is 1. The number of carbonyl (C=O) groups excluding carboxylic acids is 1. The quantitative estimate of drug-likeness (QED) is 0.598. The first-order valence-electron chi connectivity index (χ1n) is 6.89. The highest BCUT2D eigenvalue weighted by Crippen LogP contribution is 2.59. The van der Waals surface area contributed by atoms with Crippen molar-refractivity contribution in [3.63, 3.8) is 0 Å². The Labute approximate surface area is 125 Å².